The van der Waals surface area contributed by atoms with E-state index in [9.17, 15) is 9.90 Å². The molecule has 0 atom stereocenters. The molecular formula is C14H14N4O2. The molecule has 6 heteroatoms. The van der Waals surface area contributed by atoms with Gasteiger partial charge in [-0.3, -0.25) is 9.89 Å². The number of hydrogen-bond acceptors (Lipinski definition) is 4. The number of rotatable bonds is 2. The molecule has 0 aliphatic rings. The Balaban J connectivity index is 2.24. The molecule has 3 aromatic rings. The Bertz CT molecular complexity index is 827. The molecule has 0 aliphatic heterocycles. The molecule has 20 heavy (non-hydrogen) atoms. The van der Waals surface area contributed by atoms with Crippen LogP contribution in [-0.4, -0.2) is 24.9 Å². The summed E-state index contributed by atoms with van der Waals surface area (Å²) < 4.78 is 1.59. The van der Waals surface area contributed by atoms with Gasteiger partial charge >= 0.3 is 0 Å². The molecule has 0 aliphatic carbocycles. The second-order valence-electron chi connectivity index (χ2n) is 5.15. The van der Waals surface area contributed by atoms with E-state index in [1.54, 1.807) is 18.5 Å². The first-order chi connectivity index (χ1) is 9.47. The van der Waals surface area contributed by atoms with Crippen LogP contribution in [0.5, 0.6) is 0 Å². The Morgan fingerprint density at radius 1 is 1.35 bits per heavy atom. The van der Waals surface area contributed by atoms with Crippen LogP contribution in [0.2, 0.25) is 0 Å². The summed E-state index contributed by atoms with van der Waals surface area (Å²) in [5.74, 6) is 0. The first-order valence-corrected chi connectivity index (χ1v) is 6.21. The highest BCUT2D eigenvalue weighted by Gasteiger charge is 2.17. The minimum absolute atomic E-state index is 0.241. The molecule has 6 nitrogen and oxygen atoms in total. The molecule has 0 bridgehead atoms. The number of nitrogens with zero attached hydrogens (tertiary/aromatic N) is 3. The highest BCUT2D eigenvalue weighted by atomic mass is 16.3. The van der Waals surface area contributed by atoms with Gasteiger partial charge < -0.3 is 5.11 Å². The van der Waals surface area contributed by atoms with Gasteiger partial charge in [0.1, 0.15) is 11.7 Å². The summed E-state index contributed by atoms with van der Waals surface area (Å²) in [5.41, 5.74) is 0.808. The second-order valence-corrected chi connectivity index (χ2v) is 5.15. The van der Waals surface area contributed by atoms with Gasteiger partial charge in [-0.25, -0.2) is 14.6 Å². The number of aromatic amines is 1. The summed E-state index contributed by atoms with van der Waals surface area (Å²) in [4.78, 5) is 19.8. The maximum Gasteiger partial charge on any atom is 0.275 e. The smallest absolute Gasteiger partial charge is 0.275 e. The van der Waals surface area contributed by atoms with E-state index in [1.807, 2.05) is 24.3 Å². The number of hydrogen-bond donors (Lipinski definition) is 2. The van der Waals surface area contributed by atoms with E-state index in [4.69, 9.17) is 0 Å². The van der Waals surface area contributed by atoms with E-state index >= 15 is 0 Å². The molecule has 0 radical (unpaired) electrons. The minimum Gasteiger partial charge on any atom is -0.386 e. The third kappa shape index (κ3) is 2.00. The zero-order valence-corrected chi connectivity index (χ0v) is 11.2. The molecule has 0 saturated heterocycles. The fourth-order valence-corrected chi connectivity index (χ4v) is 2.09. The van der Waals surface area contributed by atoms with Gasteiger partial charge in [-0.05, 0) is 31.5 Å². The average molecular weight is 270 g/mol. The highest BCUT2D eigenvalue weighted by molar-refractivity contribution is 5.74. The van der Waals surface area contributed by atoms with Crippen molar-refractivity contribution in [3.8, 4) is 5.69 Å². The van der Waals surface area contributed by atoms with Gasteiger partial charge in [0.05, 0.1) is 11.3 Å². The van der Waals surface area contributed by atoms with Crippen LogP contribution in [0.4, 0.5) is 0 Å². The topological polar surface area (TPSA) is 83.8 Å². The molecule has 2 N–H and O–H groups in total. The minimum atomic E-state index is -0.950. The maximum atomic E-state index is 11.8. The van der Waals surface area contributed by atoms with Crippen LogP contribution in [0.1, 0.15) is 19.4 Å². The summed E-state index contributed by atoms with van der Waals surface area (Å²) >= 11 is 0. The van der Waals surface area contributed by atoms with E-state index in [-0.39, 0.29) is 5.56 Å². The Labute approximate surface area is 114 Å². The summed E-state index contributed by atoms with van der Waals surface area (Å²) in [6, 6.07) is 7.32. The van der Waals surface area contributed by atoms with Crippen LogP contribution < -0.4 is 5.56 Å². The lowest BCUT2D eigenvalue weighted by atomic mass is 9.98. The van der Waals surface area contributed by atoms with E-state index in [1.165, 1.54) is 12.5 Å². The van der Waals surface area contributed by atoms with Crippen molar-refractivity contribution in [2.75, 3.05) is 0 Å². The van der Waals surface area contributed by atoms with Crippen LogP contribution in [0.3, 0.4) is 0 Å². The Morgan fingerprint density at radius 2 is 2.15 bits per heavy atom. The summed E-state index contributed by atoms with van der Waals surface area (Å²) in [7, 11) is 0. The molecule has 0 amide bonds. The van der Waals surface area contributed by atoms with Crippen LogP contribution >= 0.6 is 0 Å². The molecule has 102 valence electrons. The molecule has 1 aromatic carbocycles. The van der Waals surface area contributed by atoms with E-state index in [0.717, 1.165) is 11.3 Å². The molecule has 2 heterocycles. The van der Waals surface area contributed by atoms with E-state index in [0.29, 0.717) is 11.0 Å². The van der Waals surface area contributed by atoms with Crippen molar-refractivity contribution in [3.05, 3.63) is 52.7 Å². The Hall–Kier alpha value is -2.47. The summed E-state index contributed by atoms with van der Waals surface area (Å²) in [5, 5.41) is 13.2. The van der Waals surface area contributed by atoms with Gasteiger partial charge in [-0.1, -0.05) is 12.1 Å². The lowest BCUT2D eigenvalue weighted by Gasteiger charge is -2.18. The normalized spacial score (nSPS) is 11.9. The zero-order valence-electron chi connectivity index (χ0n) is 11.2. The van der Waals surface area contributed by atoms with Crippen LogP contribution in [0, 0.1) is 0 Å². The molecule has 2 aromatic heterocycles. The third-order valence-corrected chi connectivity index (χ3v) is 3.17. The van der Waals surface area contributed by atoms with Gasteiger partial charge in [0.25, 0.3) is 5.56 Å². The van der Waals surface area contributed by atoms with Crippen LogP contribution in [-0.2, 0) is 5.60 Å². The van der Waals surface area contributed by atoms with E-state index in [2.05, 4.69) is 15.1 Å². The number of aliphatic hydroxyl groups is 1. The highest BCUT2D eigenvalue weighted by Crippen LogP contribution is 2.22. The SMILES string of the molecule is CC(C)(O)c1cccc(-n2[nH]c(=O)c3cncnc32)c1. The second kappa shape index (κ2) is 4.28. The molecular weight excluding hydrogens is 256 g/mol. The standard InChI is InChI=1S/C14H14N4O2/c1-14(2,20)9-4-3-5-10(6-9)18-12-11(13(19)17-18)7-15-8-16-12/h3-8,20H,1-2H3,(H,17,19). The van der Waals surface area contributed by atoms with E-state index < -0.39 is 5.60 Å². The fraction of sp³-hybridized carbons (Fsp3) is 0.214. The predicted molar refractivity (Wildman–Crippen MR) is 74.7 cm³/mol. The quantitative estimate of drug-likeness (QED) is 0.736. The largest absolute Gasteiger partial charge is 0.386 e. The van der Waals surface area contributed by atoms with Crippen molar-refractivity contribution in [2.24, 2.45) is 0 Å². The van der Waals surface area contributed by atoms with Gasteiger partial charge in [-0.15, -0.1) is 0 Å². The molecule has 0 saturated carbocycles. The monoisotopic (exact) mass is 270 g/mol. The number of fused-ring (bicyclic) bond motifs is 1. The van der Waals surface area contributed by atoms with Gasteiger partial charge in [0.15, 0.2) is 5.65 Å². The van der Waals surface area contributed by atoms with Crippen molar-refractivity contribution in [1.82, 2.24) is 19.7 Å². The average Bonchev–Trinajstić information content (AvgIpc) is 2.76. The lowest BCUT2D eigenvalue weighted by Crippen LogP contribution is -2.16. The third-order valence-electron chi connectivity index (χ3n) is 3.17. The molecule has 0 spiro atoms. The number of benzene rings is 1. The zero-order chi connectivity index (χ0) is 14.3. The van der Waals surface area contributed by atoms with Crippen molar-refractivity contribution >= 4 is 11.0 Å². The van der Waals surface area contributed by atoms with Crippen molar-refractivity contribution in [2.45, 2.75) is 19.4 Å². The van der Waals surface area contributed by atoms with Gasteiger partial charge in [0.2, 0.25) is 0 Å². The van der Waals surface area contributed by atoms with Crippen LogP contribution in [0.25, 0.3) is 16.7 Å². The Morgan fingerprint density at radius 3 is 2.90 bits per heavy atom. The first kappa shape index (κ1) is 12.6. The van der Waals surface area contributed by atoms with Crippen LogP contribution in [0.15, 0.2) is 41.6 Å². The summed E-state index contributed by atoms with van der Waals surface area (Å²) in [6.45, 7) is 3.43. The number of nitrogens with one attached hydrogen (secondary N) is 1. The predicted octanol–water partition coefficient (Wildman–Crippen LogP) is 1.34. The molecule has 3 rings (SSSR count). The van der Waals surface area contributed by atoms with Gasteiger partial charge in [-0.2, -0.15) is 0 Å². The maximum absolute atomic E-state index is 11.8. The lowest BCUT2D eigenvalue weighted by molar-refractivity contribution is 0.0786. The molecule has 0 fully saturated rings. The van der Waals surface area contributed by atoms with Crippen molar-refractivity contribution < 1.29 is 5.11 Å². The molecule has 0 unspecified atom stereocenters. The fourth-order valence-electron chi connectivity index (χ4n) is 2.09. The van der Waals surface area contributed by atoms with Crippen molar-refractivity contribution in [1.29, 1.82) is 0 Å². The number of H-pyrrole nitrogens is 1. The summed E-state index contributed by atoms with van der Waals surface area (Å²) in [6.07, 6.45) is 2.88. The Kier molecular flexibility index (Phi) is 2.69. The first-order valence-electron chi connectivity index (χ1n) is 6.21. The van der Waals surface area contributed by atoms with Crippen molar-refractivity contribution in [3.63, 3.8) is 0 Å². The van der Waals surface area contributed by atoms with Gasteiger partial charge in [0, 0.05) is 6.20 Å². The number of aromatic nitrogens is 4.